The Kier molecular flexibility index (Phi) is 4.16. The fourth-order valence-corrected chi connectivity index (χ4v) is 2.21. The largest absolute Gasteiger partial charge is 0.394 e. The molecule has 0 saturated carbocycles. The summed E-state index contributed by atoms with van der Waals surface area (Å²) in [5.41, 5.74) is 1.74. The van der Waals surface area contributed by atoms with E-state index >= 15 is 0 Å². The lowest BCUT2D eigenvalue weighted by Gasteiger charge is -2.38. The summed E-state index contributed by atoms with van der Waals surface area (Å²) >= 11 is 0. The summed E-state index contributed by atoms with van der Waals surface area (Å²) < 4.78 is 5.51. The maximum atomic E-state index is 9.24. The van der Waals surface area contributed by atoms with Gasteiger partial charge in [0.2, 0.25) is 0 Å². The summed E-state index contributed by atoms with van der Waals surface area (Å²) in [5.74, 6) is 0.841. The molecule has 2 heterocycles. The van der Waals surface area contributed by atoms with Crippen molar-refractivity contribution in [2.24, 2.45) is 0 Å². The number of morpholine rings is 1. The molecule has 1 aliphatic rings. The first kappa shape index (κ1) is 13.3. The monoisotopic (exact) mass is 252 g/mol. The van der Waals surface area contributed by atoms with Crippen LogP contribution in [0.4, 0.5) is 5.82 Å². The van der Waals surface area contributed by atoms with Crippen LogP contribution < -0.4 is 4.90 Å². The quantitative estimate of drug-likeness (QED) is 0.818. The Morgan fingerprint density at radius 1 is 1.44 bits per heavy atom. The zero-order valence-electron chi connectivity index (χ0n) is 10.8. The van der Waals surface area contributed by atoms with E-state index in [0.717, 1.165) is 17.1 Å². The van der Waals surface area contributed by atoms with Crippen molar-refractivity contribution in [3.63, 3.8) is 0 Å². The number of anilines is 1. The molecule has 1 aromatic heterocycles. The fourth-order valence-electron chi connectivity index (χ4n) is 2.21. The van der Waals surface area contributed by atoms with E-state index in [4.69, 9.17) is 4.74 Å². The van der Waals surface area contributed by atoms with Gasteiger partial charge in [-0.3, -0.25) is 0 Å². The third-order valence-corrected chi connectivity index (χ3v) is 3.19. The molecule has 5 nitrogen and oxygen atoms in total. The van der Waals surface area contributed by atoms with Crippen LogP contribution in [0.2, 0.25) is 0 Å². The van der Waals surface area contributed by atoms with Crippen LogP contribution >= 0.6 is 0 Å². The lowest BCUT2D eigenvalue weighted by molar-refractivity contribution is -0.0105. The average Bonchev–Trinajstić information content (AvgIpc) is 2.38. The maximum absolute atomic E-state index is 9.24. The van der Waals surface area contributed by atoms with Crippen LogP contribution in [0.1, 0.15) is 18.2 Å². The van der Waals surface area contributed by atoms with Gasteiger partial charge < -0.3 is 19.8 Å². The SMILES string of the molecule is Cc1cc(CO)cc(N2CC(CO)OCC2C)n1. The predicted molar refractivity (Wildman–Crippen MR) is 68.5 cm³/mol. The summed E-state index contributed by atoms with van der Waals surface area (Å²) in [7, 11) is 0. The van der Waals surface area contributed by atoms with Gasteiger partial charge in [-0.2, -0.15) is 0 Å². The van der Waals surface area contributed by atoms with Gasteiger partial charge >= 0.3 is 0 Å². The Labute approximate surface area is 107 Å². The fraction of sp³-hybridized carbons (Fsp3) is 0.615. The number of nitrogens with zero attached hydrogens (tertiary/aromatic N) is 2. The first-order valence-corrected chi connectivity index (χ1v) is 6.21. The van der Waals surface area contributed by atoms with Crippen molar-refractivity contribution in [2.45, 2.75) is 32.6 Å². The molecule has 0 spiro atoms. The molecule has 5 heteroatoms. The molecule has 100 valence electrons. The zero-order valence-corrected chi connectivity index (χ0v) is 10.8. The van der Waals surface area contributed by atoms with Crippen LogP contribution in [0.3, 0.4) is 0 Å². The topological polar surface area (TPSA) is 65.8 Å². The summed E-state index contributed by atoms with van der Waals surface area (Å²) in [6.45, 7) is 5.21. The van der Waals surface area contributed by atoms with Gasteiger partial charge in [0.25, 0.3) is 0 Å². The van der Waals surface area contributed by atoms with Gasteiger partial charge in [0, 0.05) is 12.2 Å². The van der Waals surface area contributed by atoms with Crippen LogP contribution in [0.25, 0.3) is 0 Å². The predicted octanol–water partition coefficient (Wildman–Crippen LogP) is 0.468. The molecule has 1 aromatic rings. The number of pyridine rings is 1. The summed E-state index contributed by atoms with van der Waals surface area (Å²) in [4.78, 5) is 6.62. The van der Waals surface area contributed by atoms with Gasteiger partial charge in [0.1, 0.15) is 5.82 Å². The van der Waals surface area contributed by atoms with Crippen LogP contribution in [0, 0.1) is 6.92 Å². The first-order chi connectivity index (χ1) is 8.63. The van der Waals surface area contributed by atoms with E-state index in [2.05, 4.69) is 16.8 Å². The molecule has 0 radical (unpaired) electrons. The number of hydrogen-bond donors (Lipinski definition) is 2. The van der Waals surface area contributed by atoms with E-state index in [1.54, 1.807) is 0 Å². The van der Waals surface area contributed by atoms with E-state index in [0.29, 0.717) is 13.2 Å². The van der Waals surface area contributed by atoms with E-state index in [1.807, 2.05) is 19.1 Å². The Balaban J connectivity index is 2.25. The molecule has 2 unspecified atom stereocenters. The number of aliphatic hydroxyl groups excluding tert-OH is 2. The minimum atomic E-state index is -0.166. The van der Waals surface area contributed by atoms with Gasteiger partial charge in [0.05, 0.1) is 32.0 Å². The van der Waals surface area contributed by atoms with Gasteiger partial charge in [-0.15, -0.1) is 0 Å². The smallest absolute Gasteiger partial charge is 0.129 e. The Morgan fingerprint density at radius 2 is 2.22 bits per heavy atom. The normalized spacial score (nSPS) is 24.3. The van der Waals surface area contributed by atoms with Crippen LogP contribution in [-0.2, 0) is 11.3 Å². The molecule has 0 amide bonds. The lowest BCUT2D eigenvalue weighted by atomic mass is 10.1. The second-order valence-corrected chi connectivity index (χ2v) is 4.77. The molecule has 2 N–H and O–H groups in total. The van der Waals surface area contributed by atoms with Crippen molar-refractivity contribution in [2.75, 3.05) is 24.7 Å². The van der Waals surface area contributed by atoms with Crippen LogP contribution in [-0.4, -0.2) is 47.1 Å². The molecule has 18 heavy (non-hydrogen) atoms. The highest BCUT2D eigenvalue weighted by Crippen LogP contribution is 2.21. The van der Waals surface area contributed by atoms with Crippen molar-refractivity contribution in [1.29, 1.82) is 0 Å². The Bertz CT molecular complexity index is 411. The third kappa shape index (κ3) is 2.80. The summed E-state index contributed by atoms with van der Waals surface area (Å²) in [6, 6.07) is 3.98. The second-order valence-electron chi connectivity index (χ2n) is 4.77. The molecule has 1 aliphatic heterocycles. The van der Waals surface area contributed by atoms with Crippen molar-refractivity contribution >= 4 is 5.82 Å². The second kappa shape index (κ2) is 5.65. The minimum absolute atomic E-state index is 0.0124. The Morgan fingerprint density at radius 3 is 2.89 bits per heavy atom. The molecule has 1 fully saturated rings. The van der Waals surface area contributed by atoms with E-state index in [-0.39, 0.29) is 25.4 Å². The van der Waals surface area contributed by atoms with Crippen LogP contribution in [0.15, 0.2) is 12.1 Å². The van der Waals surface area contributed by atoms with Gasteiger partial charge in [0.15, 0.2) is 0 Å². The van der Waals surface area contributed by atoms with E-state index in [9.17, 15) is 10.2 Å². The Hall–Kier alpha value is -1.17. The van der Waals surface area contributed by atoms with Gasteiger partial charge in [-0.05, 0) is 31.5 Å². The number of hydrogen-bond acceptors (Lipinski definition) is 5. The molecule has 0 aliphatic carbocycles. The highest BCUT2D eigenvalue weighted by Gasteiger charge is 2.26. The van der Waals surface area contributed by atoms with Gasteiger partial charge in [-0.1, -0.05) is 0 Å². The van der Waals surface area contributed by atoms with Crippen molar-refractivity contribution in [3.05, 3.63) is 23.4 Å². The number of ether oxygens (including phenoxy) is 1. The average molecular weight is 252 g/mol. The summed E-state index contributed by atoms with van der Waals surface area (Å²) in [6.07, 6.45) is -0.166. The molecule has 2 atom stereocenters. The molecule has 2 rings (SSSR count). The molecular formula is C13H20N2O3. The highest BCUT2D eigenvalue weighted by atomic mass is 16.5. The van der Waals surface area contributed by atoms with Crippen molar-refractivity contribution in [3.8, 4) is 0 Å². The zero-order chi connectivity index (χ0) is 13.1. The minimum Gasteiger partial charge on any atom is -0.394 e. The number of aliphatic hydroxyl groups is 2. The van der Waals surface area contributed by atoms with Gasteiger partial charge in [-0.25, -0.2) is 4.98 Å². The standard InChI is InChI=1S/C13H20N2O3/c1-9-3-11(6-16)4-13(14-9)15-5-12(7-17)18-8-10(15)2/h3-4,10,12,16-17H,5-8H2,1-2H3. The molecular weight excluding hydrogens is 232 g/mol. The maximum Gasteiger partial charge on any atom is 0.129 e. The lowest BCUT2D eigenvalue weighted by Crippen LogP contribution is -2.50. The van der Waals surface area contributed by atoms with Crippen molar-refractivity contribution < 1.29 is 14.9 Å². The molecule has 1 saturated heterocycles. The number of aryl methyl sites for hydroxylation is 1. The highest BCUT2D eigenvalue weighted by molar-refractivity contribution is 5.44. The first-order valence-electron chi connectivity index (χ1n) is 6.21. The summed E-state index contributed by atoms with van der Waals surface area (Å²) in [5, 5.41) is 18.4. The third-order valence-electron chi connectivity index (χ3n) is 3.19. The molecule has 0 aromatic carbocycles. The number of rotatable bonds is 3. The van der Waals surface area contributed by atoms with Crippen LogP contribution in [0.5, 0.6) is 0 Å². The van der Waals surface area contributed by atoms with Crippen molar-refractivity contribution in [1.82, 2.24) is 4.98 Å². The van der Waals surface area contributed by atoms with E-state index in [1.165, 1.54) is 0 Å². The molecule has 0 bridgehead atoms. The van der Waals surface area contributed by atoms with E-state index < -0.39 is 0 Å². The number of aromatic nitrogens is 1.